The van der Waals surface area contributed by atoms with E-state index in [0.29, 0.717) is 15.6 Å². The van der Waals surface area contributed by atoms with Crippen molar-refractivity contribution in [3.8, 4) is 0 Å². The number of hydrogen-bond acceptors (Lipinski definition) is 5. The lowest BCUT2D eigenvalue weighted by atomic mass is 10.0. The summed E-state index contributed by atoms with van der Waals surface area (Å²) < 4.78 is 10.6. The third-order valence-electron chi connectivity index (χ3n) is 4.05. The Morgan fingerprint density at radius 3 is 2.32 bits per heavy atom. The van der Waals surface area contributed by atoms with E-state index >= 15 is 0 Å². The zero-order valence-corrected chi connectivity index (χ0v) is 15.4. The highest BCUT2D eigenvalue weighted by Crippen LogP contribution is 2.26. The first-order valence-electron chi connectivity index (χ1n) is 8.54. The molecule has 0 aliphatic carbocycles. The van der Waals surface area contributed by atoms with Crippen molar-refractivity contribution in [3.63, 3.8) is 0 Å². The summed E-state index contributed by atoms with van der Waals surface area (Å²) >= 11 is 1.18. The van der Waals surface area contributed by atoms with E-state index in [1.54, 1.807) is 36.6 Å². The SMILES string of the molecule is O=C(Nc1ccc(C(=O)NC(c2ccccc2)c2ccco2)s1)c1ccco1. The number of nitrogens with one attached hydrogen (secondary N) is 2. The van der Waals surface area contributed by atoms with E-state index in [1.807, 2.05) is 36.4 Å². The number of furan rings is 2. The average Bonchev–Trinajstić information content (AvgIpc) is 3.49. The molecule has 7 heteroatoms. The van der Waals surface area contributed by atoms with Gasteiger partial charge >= 0.3 is 0 Å². The summed E-state index contributed by atoms with van der Waals surface area (Å²) in [6, 6.07) is 19.3. The topological polar surface area (TPSA) is 84.5 Å². The molecular formula is C21H16N2O4S. The fraction of sp³-hybridized carbons (Fsp3) is 0.0476. The van der Waals surface area contributed by atoms with Crippen molar-refractivity contribution in [1.82, 2.24) is 5.32 Å². The molecule has 6 nitrogen and oxygen atoms in total. The Morgan fingerprint density at radius 1 is 0.821 bits per heavy atom. The minimum atomic E-state index is -0.410. The van der Waals surface area contributed by atoms with Crippen molar-refractivity contribution in [2.45, 2.75) is 6.04 Å². The van der Waals surface area contributed by atoms with Crippen molar-refractivity contribution in [2.24, 2.45) is 0 Å². The van der Waals surface area contributed by atoms with Gasteiger partial charge in [-0.2, -0.15) is 0 Å². The number of carbonyl (C=O) groups is 2. The molecule has 4 aromatic rings. The van der Waals surface area contributed by atoms with Crippen LogP contribution in [-0.2, 0) is 0 Å². The van der Waals surface area contributed by atoms with Gasteiger partial charge in [0.25, 0.3) is 11.8 Å². The number of thiophene rings is 1. The Labute approximate surface area is 164 Å². The van der Waals surface area contributed by atoms with E-state index in [2.05, 4.69) is 10.6 Å². The first kappa shape index (κ1) is 17.8. The van der Waals surface area contributed by atoms with Crippen LogP contribution >= 0.6 is 11.3 Å². The number of hydrogen-bond donors (Lipinski definition) is 2. The van der Waals surface area contributed by atoms with Gasteiger partial charge in [0.2, 0.25) is 0 Å². The third kappa shape index (κ3) is 3.89. The van der Waals surface area contributed by atoms with Crippen LogP contribution in [0.4, 0.5) is 5.00 Å². The van der Waals surface area contributed by atoms with Gasteiger partial charge in [-0.25, -0.2) is 0 Å². The van der Waals surface area contributed by atoms with Crippen LogP contribution in [0.15, 0.2) is 88.1 Å². The summed E-state index contributed by atoms with van der Waals surface area (Å²) in [6.07, 6.45) is 3.01. The molecule has 3 aromatic heterocycles. The van der Waals surface area contributed by atoms with Gasteiger partial charge in [-0.1, -0.05) is 30.3 Å². The first-order valence-corrected chi connectivity index (χ1v) is 9.36. The van der Waals surface area contributed by atoms with E-state index < -0.39 is 6.04 Å². The Kier molecular flexibility index (Phi) is 5.07. The van der Waals surface area contributed by atoms with Gasteiger partial charge in [-0.3, -0.25) is 9.59 Å². The second-order valence-corrected chi connectivity index (χ2v) is 7.01. The fourth-order valence-electron chi connectivity index (χ4n) is 2.73. The highest BCUT2D eigenvalue weighted by Gasteiger charge is 2.21. The molecule has 140 valence electrons. The fourth-order valence-corrected chi connectivity index (χ4v) is 3.53. The number of anilines is 1. The summed E-state index contributed by atoms with van der Waals surface area (Å²) in [5.74, 6) is 0.231. The molecule has 1 atom stereocenters. The van der Waals surface area contributed by atoms with E-state index in [9.17, 15) is 9.59 Å². The van der Waals surface area contributed by atoms with Crippen LogP contribution in [0.3, 0.4) is 0 Å². The number of rotatable bonds is 6. The normalized spacial score (nSPS) is 11.7. The van der Waals surface area contributed by atoms with E-state index in [1.165, 1.54) is 17.6 Å². The van der Waals surface area contributed by atoms with Gasteiger partial charge in [0.1, 0.15) is 11.8 Å². The molecule has 2 N–H and O–H groups in total. The lowest BCUT2D eigenvalue weighted by Crippen LogP contribution is -2.28. The predicted molar refractivity (Wildman–Crippen MR) is 105 cm³/mol. The molecule has 1 aromatic carbocycles. The molecule has 0 bridgehead atoms. The maximum atomic E-state index is 12.8. The van der Waals surface area contributed by atoms with E-state index in [-0.39, 0.29) is 17.6 Å². The summed E-state index contributed by atoms with van der Waals surface area (Å²) in [4.78, 5) is 25.3. The van der Waals surface area contributed by atoms with Crippen LogP contribution in [0, 0.1) is 0 Å². The zero-order chi connectivity index (χ0) is 19.3. The zero-order valence-electron chi connectivity index (χ0n) is 14.6. The largest absolute Gasteiger partial charge is 0.467 e. The van der Waals surface area contributed by atoms with Crippen LogP contribution in [0.25, 0.3) is 0 Å². The lowest BCUT2D eigenvalue weighted by Gasteiger charge is -2.16. The van der Waals surface area contributed by atoms with Crippen molar-refractivity contribution in [2.75, 3.05) is 5.32 Å². The second kappa shape index (κ2) is 7.98. The van der Waals surface area contributed by atoms with Crippen molar-refractivity contribution in [3.05, 3.63) is 101 Å². The van der Waals surface area contributed by atoms with Gasteiger partial charge in [0.15, 0.2) is 5.76 Å². The molecule has 2 amide bonds. The molecule has 0 saturated carbocycles. The van der Waals surface area contributed by atoms with Crippen LogP contribution < -0.4 is 10.6 Å². The first-order chi connectivity index (χ1) is 13.7. The van der Waals surface area contributed by atoms with Crippen molar-refractivity contribution in [1.29, 1.82) is 0 Å². The molecule has 4 rings (SSSR count). The summed E-state index contributed by atoms with van der Waals surface area (Å²) in [6.45, 7) is 0. The van der Waals surface area contributed by atoms with Crippen LogP contribution in [0.5, 0.6) is 0 Å². The number of amides is 2. The average molecular weight is 392 g/mol. The molecule has 0 saturated heterocycles. The van der Waals surface area contributed by atoms with E-state index in [4.69, 9.17) is 8.83 Å². The highest BCUT2D eigenvalue weighted by molar-refractivity contribution is 7.18. The minimum Gasteiger partial charge on any atom is -0.467 e. The number of carbonyl (C=O) groups excluding carboxylic acids is 2. The maximum Gasteiger partial charge on any atom is 0.291 e. The van der Waals surface area contributed by atoms with E-state index in [0.717, 1.165) is 5.56 Å². The predicted octanol–water partition coefficient (Wildman–Crippen LogP) is 4.71. The second-order valence-electron chi connectivity index (χ2n) is 5.93. The Balaban J connectivity index is 1.49. The molecule has 0 spiro atoms. The van der Waals surface area contributed by atoms with Crippen molar-refractivity contribution >= 4 is 28.2 Å². The minimum absolute atomic E-state index is 0.210. The van der Waals surface area contributed by atoms with Gasteiger partial charge < -0.3 is 19.5 Å². The lowest BCUT2D eigenvalue weighted by molar-refractivity contribution is 0.0942. The molecule has 28 heavy (non-hydrogen) atoms. The monoisotopic (exact) mass is 392 g/mol. The molecule has 0 radical (unpaired) electrons. The van der Waals surface area contributed by atoms with Gasteiger partial charge in [0, 0.05) is 0 Å². The Hall–Kier alpha value is -3.58. The summed E-state index contributed by atoms with van der Waals surface area (Å²) in [5, 5.41) is 6.27. The van der Waals surface area contributed by atoms with Gasteiger partial charge in [-0.05, 0) is 42.0 Å². The molecular weight excluding hydrogens is 376 g/mol. The van der Waals surface area contributed by atoms with Crippen LogP contribution in [0.1, 0.15) is 37.6 Å². The van der Waals surface area contributed by atoms with Crippen LogP contribution in [0.2, 0.25) is 0 Å². The third-order valence-corrected chi connectivity index (χ3v) is 5.05. The summed E-state index contributed by atoms with van der Waals surface area (Å²) in [7, 11) is 0. The molecule has 0 fully saturated rings. The molecule has 0 aliphatic heterocycles. The highest BCUT2D eigenvalue weighted by atomic mass is 32.1. The smallest absolute Gasteiger partial charge is 0.291 e. The van der Waals surface area contributed by atoms with Crippen LogP contribution in [-0.4, -0.2) is 11.8 Å². The molecule has 3 heterocycles. The Bertz CT molecular complexity index is 1050. The van der Waals surface area contributed by atoms with Gasteiger partial charge in [-0.15, -0.1) is 11.3 Å². The standard InChI is InChI=1S/C21H16N2O4S/c24-20(16-9-5-13-27-16)22-18-11-10-17(28-18)21(25)23-19(15-8-4-12-26-15)14-6-2-1-3-7-14/h1-13,19H,(H,22,24)(H,23,25). The van der Waals surface area contributed by atoms with Crippen molar-refractivity contribution < 1.29 is 18.4 Å². The maximum absolute atomic E-state index is 12.8. The molecule has 0 aliphatic rings. The van der Waals surface area contributed by atoms with Gasteiger partial charge in [0.05, 0.1) is 22.4 Å². The summed E-state index contributed by atoms with van der Waals surface area (Å²) in [5.41, 5.74) is 0.911. The quantitative estimate of drug-likeness (QED) is 0.498. The number of benzene rings is 1. The molecule has 1 unspecified atom stereocenters. The Morgan fingerprint density at radius 2 is 1.61 bits per heavy atom.